The number of nitrogens with two attached hydrogens (primary N) is 1. The van der Waals surface area contributed by atoms with Gasteiger partial charge in [0.25, 0.3) is 0 Å². The van der Waals surface area contributed by atoms with Crippen molar-refractivity contribution in [1.29, 1.82) is 0 Å². The highest BCUT2D eigenvalue weighted by molar-refractivity contribution is 6.30. The molecule has 106 valence electrons. The van der Waals surface area contributed by atoms with E-state index >= 15 is 0 Å². The van der Waals surface area contributed by atoms with Crippen LogP contribution in [0.4, 0.5) is 0 Å². The van der Waals surface area contributed by atoms with Gasteiger partial charge in [0.15, 0.2) is 0 Å². The second-order valence-electron chi connectivity index (χ2n) is 5.54. The normalized spacial score (nSPS) is 18.6. The third-order valence-corrected chi connectivity index (χ3v) is 4.16. The van der Waals surface area contributed by atoms with E-state index in [0.29, 0.717) is 6.04 Å². The lowest BCUT2D eigenvalue weighted by Crippen LogP contribution is -2.42. The highest BCUT2D eigenvalue weighted by Gasteiger charge is 2.36. The molecule has 2 N–H and O–H groups in total. The van der Waals surface area contributed by atoms with Crippen molar-refractivity contribution < 1.29 is 0 Å². The molecule has 0 aliphatic heterocycles. The Balaban J connectivity index is 2.28. The van der Waals surface area contributed by atoms with Gasteiger partial charge in [0, 0.05) is 17.1 Å². The summed E-state index contributed by atoms with van der Waals surface area (Å²) in [6, 6.07) is 9.40. The van der Waals surface area contributed by atoms with Crippen LogP contribution in [-0.2, 0) is 0 Å². The largest absolute Gasteiger partial charge is 0.326 e. The maximum absolute atomic E-state index is 6.41. The van der Waals surface area contributed by atoms with Crippen LogP contribution in [0.15, 0.2) is 24.3 Å². The zero-order valence-electron chi connectivity index (χ0n) is 12.0. The molecule has 0 spiro atoms. The van der Waals surface area contributed by atoms with E-state index in [1.807, 2.05) is 12.1 Å². The van der Waals surface area contributed by atoms with Crippen molar-refractivity contribution in [1.82, 2.24) is 4.90 Å². The molecular formula is C16H25ClN2. The fraction of sp³-hybridized carbons (Fsp3) is 0.625. The van der Waals surface area contributed by atoms with Crippen molar-refractivity contribution in [2.45, 2.75) is 57.7 Å². The first-order valence-corrected chi connectivity index (χ1v) is 7.82. The molecule has 0 bridgehead atoms. The average Bonchev–Trinajstić information content (AvgIpc) is 3.22. The summed E-state index contributed by atoms with van der Waals surface area (Å²) in [5.74, 6) is 0. The van der Waals surface area contributed by atoms with Crippen LogP contribution in [-0.4, -0.2) is 23.5 Å². The van der Waals surface area contributed by atoms with Crippen molar-refractivity contribution >= 4 is 11.6 Å². The van der Waals surface area contributed by atoms with Crippen LogP contribution >= 0.6 is 11.6 Å². The van der Waals surface area contributed by atoms with E-state index < -0.39 is 0 Å². The third kappa shape index (κ3) is 3.71. The first-order chi connectivity index (χ1) is 9.17. The molecule has 0 amide bonds. The number of rotatable bonds is 7. The molecule has 2 rings (SSSR count). The third-order valence-electron chi connectivity index (χ3n) is 3.92. The number of nitrogens with zero attached hydrogens (tertiary/aromatic N) is 1. The highest BCUT2D eigenvalue weighted by atomic mass is 35.5. The van der Waals surface area contributed by atoms with Crippen LogP contribution in [0.5, 0.6) is 0 Å². The van der Waals surface area contributed by atoms with Gasteiger partial charge in [-0.3, -0.25) is 4.90 Å². The zero-order chi connectivity index (χ0) is 13.8. The van der Waals surface area contributed by atoms with Gasteiger partial charge >= 0.3 is 0 Å². The molecule has 2 nitrogen and oxygen atoms in total. The van der Waals surface area contributed by atoms with Gasteiger partial charge in [-0.2, -0.15) is 0 Å². The summed E-state index contributed by atoms with van der Waals surface area (Å²) in [7, 11) is 0. The second-order valence-corrected chi connectivity index (χ2v) is 5.98. The Bertz CT molecular complexity index is 403. The van der Waals surface area contributed by atoms with Gasteiger partial charge in [-0.1, -0.05) is 37.6 Å². The van der Waals surface area contributed by atoms with Gasteiger partial charge in [-0.05, 0) is 49.9 Å². The van der Waals surface area contributed by atoms with Crippen LogP contribution in [0, 0.1) is 0 Å². The monoisotopic (exact) mass is 280 g/mol. The first kappa shape index (κ1) is 14.8. The maximum atomic E-state index is 6.41. The van der Waals surface area contributed by atoms with E-state index in [1.165, 1.54) is 24.8 Å². The zero-order valence-corrected chi connectivity index (χ0v) is 12.7. The lowest BCUT2D eigenvalue weighted by Gasteiger charge is -2.36. The number of benzene rings is 1. The summed E-state index contributed by atoms with van der Waals surface area (Å²) in [5.41, 5.74) is 7.68. The Labute approximate surface area is 121 Å². The summed E-state index contributed by atoms with van der Waals surface area (Å²) in [6.07, 6.45) is 4.79. The Morgan fingerprint density at radius 3 is 2.63 bits per heavy atom. The maximum Gasteiger partial charge on any atom is 0.0502 e. The van der Waals surface area contributed by atoms with Crippen LogP contribution in [0.2, 0.25) is 5.02 Å². The lowest BCUT2D eigenvalue weighted by molar-refractivity contribution is 0.159. The van der Waals surface area contributed by atoms with Gasteiger partial charge < -0.3 is 5.73 Å². The molecule has 19 heavy (non-hydrogen) atoms. The fourth-order valence-electron chi connectivity index (χ4n) is 2.81. The van der Waals surface area contributed by atoms with E-state index in [9.17, 15) is 0 Å². The molecule has 0 heterocycles. The van der Waals surface area contributed by atoms with Crippen LogP contribution in [0.3, 0.4) is 0 Å². The molecule has 0 saturated heterocycles. The summed E-state index contributed by atoms with van der Waals surface area (Å²) in [6.45, 7) is 5.52. The van der Waals surface area contributed by atoms with Crippen LogP contribution in [0.25, 0.3) is 0 Å². The molecule has 2 atom stereocenters. The minimum atomic E-state index is 0.172. The van der Waals surface area contributed by atoms with Crippen molar-refractivity contribution in [3.8, 4) is 0 Å². The van der Waals surface area contributed by atoms with Gasteiger partial charge in [-0.25, -0.2) is 0 Å². The molecule has 1 aliphatic carbocycles. The van der Waals surface area contributed by atoms with Crippen molar-refractivity contribution in [2.75, 3.05) is 6.54 Å². The smallest absolute Gasteiger partial charge is 0.0502 e. The quantitative estimate of drug-likeness (QED) is 0.818. The Morgan fingerprint density at radius 2 is 2.11 bits per heavy atom. The lowest BCUT2D eigenvalue weighted by atomic mass is 9.96. The molecule has 1 fully saturated rings. The topological polar surface area (TPSA) is 29.3 Å². The number of hydrogen-bond acceptors (Lipinski definition) is 2. The molecule has 1 aliphatic rings. The first-order valence-electron chi connectivity index (χ1n) is 7.44. The van der Waals surface area contributed by atoms with E-state index in [1.54, 1.807) is 0 Å². The summed E-state index contributed by atoms with van der Waals surface area (Å²) >= 11 is 6.15. The standard InChI is InChI=1S/C16H25ClN2/c1-3-10-19(14-8-9-14)16(15(18)4-2)12-6-5-7-13(17)11-12/h5-7,11,14-16H,3-4,8-10,18H2,1-2H3. The van der Waals surface area contributed by atoms with Crippen LogP contribution in [0.1, 0.15) is 51.1 Å². The Morgan fingerprint density at radius 1 is 1.37 bits per heavy atom. The molecule has 1 saturated carbocycles. The van der Waals surface area contributed by atoms with Gasteiger partial charge in [0.05, 0.1) is 6.04 Å². The van der Waals surface area contributed by atoms with E-state index in [-0.39, 0.29) is 6.04 Å². The van der Waals surface area contributed by atoms with E-state index in [2.05, 4.69) is 30.9 Å². The van der Waals surface area contributed by atoms with Gasteiger partial charge in [0.1, 0.15) is 0 Å². The van der Waals surface area contributed by atoms with Gasteiger partial charge in [0.2, 0.25) is 0 Å². The van der Waals surface area contributed by atoms with E-state index in [0.717, 1.165) is 24.0 Å². The molecular weight excluding hydrogens is 256 g/mol. The van der Waals surface area contributed by atoms with Gasteiger partial charge in [-0.15, -0.1) is 0 Å². The number of halogens is 1. The molecule has 1 aromatic carbocycles. The average molecular weight is 281 g/mol. The molecule has 1 aromatic rings. The van der Waals surface area contributed by atoms with Crippen molar-refractivity contribution in [3.05, 3.63) is 34.9 Å². The molecule has 2 unspecified atom stereocenters. The summed E-state index contributed by atoms with van der Waals surface area (Å²) < 4.78 is 0. The molecule has 0 radical (unpaired) electrons. The predicted octanol–water partition coefficient (Wildman–Crippen LogP) is 3.99. The summed E-state index contributed by atoms with van der Waals surface area (Å²) in [4.78, 5) is 2.60. The SMILES string of the molecule is CCCN(C1CC1)C(c1cccc(Cl)c1)C(N)CC. The fourth-order valence-corrected chi connectivity index (χ4v) is 3.01. The highest BCUT2D eigenvalue weighted by Crippen LogP contribution is 2.37. The minimum absolute atomic E-state index is 0.172. The second kappa shape index (κ2) is 6.74. The Kier molecular flexibility index (Phi) is 5.26. The Hall–Kier alpha value is -0.570. The van der Waals surface area contributed by atoms with Crippen molar-refractivity contribution in [2.24, 2.45) is 5.73 Å². The van der Waals surface area contributed by atoms with Crippen LogP contribution < -0.4 is 5.73 Å². The molecule has 3 heteroatoms. The summed E-state index contributed by atoms with van der Waals surface area (Å²) in [5, 5.41) is 0.804. The molecule has 0 aromatic heterocycles. The number of hydrogen-bond donors (Lipinski definition) is 1. The minimum Gasteiger partial charge on any atom is -0.326 e. The predicted molar refractivity (Wildman–Crippen MR) is 82.5 cm³/mol. The van der Waals surface area contributed by atoms with Crippen molar-refractivity contribution in [3.63, 3.8) is 0 Å². The van der Waals surface area contributed by atoms with E-state index in [4.69, 9.17) is 17.3 Å².